The van der Waals surface area contributed by atoms with Gasteiger partial charge in [-0.25, -0.2) is 0 Å². The minimum Gasteiger partial charge on any atom is -0.461 e. The number of carbonyl (C=O) groups excluding carboxylic acids is 2. The van der Waals surface area contributed by atoms with Crippen molar-refractivity contribution in [3.8, 4) is 0 Å². The quantitative estimate of drug-likeness (QED) is 0.234. The number of allylic oxidation sites excluding steroid dienone is 3. The lowest BCUT2D eigenvalue weighted by Crippen LogP contribution is -2.33. The zero-order valence-corrected chi connectivity index (χ0v) is 16.8. The first-order valence-corrected chi connectivity index (χ1v) is 9.68. The topological polar surface area (TPSA) is 43.4 Å². The van der Waals surface area contributed by atoms with Gasteiger partial charge in [-0.05, 0) is 67.9 Å². The first kappa shape index (κ1) is 21.7. The summed E-state index contributed by atoms with van der Waals surface area (Å²) < 4.78 is 4.99. The van der Waals surface area contributed by atoms with Gasteiger partial charge in [0.1, 0.15) is 12.9 Å². The van der Waals surface area contributed by atoms with Gasteiger partial charge in [0, 0.05) is 6.92 Å². The summed E-state index contributed by atoms with van der Waals surface area (Å²) in [6.45, 7) is 11.1. The van der Waals surface area contributed by atoms with E-state index >= 15 is 0 Å². The number of carbonyl (C=O) groups is 2. The number of rotatable bonds is 9. The molecule has 1 rings (SSSR count). The van der Waals surface area contributed by atoms with Crippen LogP contribution in [0.3, 0.4) is 0 Å². The Kier molecular flexibility index (Phi) is 9.16. The van der Waals surface area contributed by atoms with Gasteiger partial charge in [-0.2, -0.15) is 0 Å². The summed E-state index contributed by atoms with van der Waals surface area (Å²) in [5, 5.41) is 0. The summed E-state index contributed by atoms with van der Waals surface area (Å²) >= 11 is 0. The van der Waals surface area contributed by atoms with Crippen LogP contribution in [0.4, 0.5) is 0 Å². The van der Waals surface area contributed by atoms with Crippen molar-refractivity contribution in [2.75, 3.05) is 6.61 Å². The molecule has 0 aliphatic heterocycles. The van der Waals surface area contributed by atoms with E-state index in [-0.39, 0.29) is 12.6 Å². The predicted octanol–water partition coefficient (Wildman–Crippen LogP) is 5.64. The van der Waals surface area contributed by atoms with Crippen LogP contribution < -0.4 is 0 Å². The summed E-state index contributed by atoms with van der Waals surface area (Å²) in [5.74, 6) is 1.31. The largest absolute Gasteiger partial charge is 0.461 e. The molecule has 0 bridgehead atoms. The highest BCUT2D eigenvalue weighted by atomic mass is 16.5. The van der Waals surface area contributed by atoms with Crippen LogP contribution >= 0.6 is 0 Å². The third-order valence-electron chi connectivity index (χ3n) is 5.74. The molecule has 1 aliphatic carbocycles. The molecule has 2 unspecified atom stereocenters. The smallest absolute Gasteiger partial charge is 0.302 e. The molecule has 1 aliphatic rings. The molecule has 142 valence electrons. The van der Waals surface area contributed by atoms with E-state index < -0.39 is 0 Å². The molecule has 0 spiro atoms. The van der Waals surface area contributed by atoms with Crippen LogP contribution in [0.15, 0.2) is 23.3 Å². The average molecular weight is 349 g/mol. The molecule has 3 heteroatoms. The van der Waals surface area contributed by atoms with Gasteiger partial charge < -0.3 is 4.74 Å². The van der Waals surface area contributed by atoms with E-state index in [9.17, 15) is 9.59 Å². The van der Waals surface area contributed by atoms with Crippen molar-refractivity contribution in [2.24, 2.45) is 17.3 Å². The summed E-state index contributed by atoms with van der Waals surface area (Å²) in [6.07, 6.45) is 12.7. The Balaban J connectivity index is 2.45. The number of aldehydes is 1. The molecule has 0 saturated heterocycles. The molecule has 25 heavy (non-hydrogen) atoms. The van der Waals surface area contributed by atoms with Crippen LogP contribution in [0.2, 0.25) is 0 Å². The molecule has 3 nitrogen and oxygen atoms in total. The van der Waals surface area contributed by atoms with E-state index in [4.69, 9.17) is 4.74 Å². The maximum absolute atomic E-state index is 10.9. The lowest BCUT2D eigenvalue weighted by molar-refractivity contribution is -0.140. The Hall–Kier alpha value is -1.38. The molecule has 0 aromatic rings. The van der Waals surface area contributed by atoms with Crippen LogP contribution in [0.5, 0.6) is 0 Å². The van der Waals surface area contributed by atoms with E-state index in [1.54, 1.807) is 0 Å². The second-order valence-corrected chi connectivity index (χ2v) is 8.33. The molecule has 1 saturated carbocycles. The van der Waals surface area contributed by atoms with Gasteiger partial charge in [-0.3, -0.25) is 9.59 Å². The van der Waals surface area contributed by atoms with Crippen molar-refractivity contribution in [1.82, 2.24) is 0 Å². The van der Waals surface area contributed by atoms with Crippen LogP contribution in [0.25, 0.3) is 0 Å². The molecule has 2 atom stereocenters. The van der Waals surface area contributed by atoms with Crippen molar-refractivity contribution in [3.63, 3.8) is 0 Å². The molecule has 0 aromatic heterocycles. The molecule has 0 N–H and O–H groups in total. The van der Waals surface area contributed by atoms with E-state index in [0.29, 0.717) is 5.41 Å². The van der Waals surface area contributed by atoms with Crippen molar-refractivity contribution in [1.29, 1.82) is 0 Å². The molecular formula is C22H36O3. The molecule has 0 radical (unpaired) electrons. The van der Waals surface area contributed by atoms with E-state index in [2.05, 4.69) is 33.8 Å². The summed E-state index contributed by atoms with van der Waals surface area (Å²) in [5.41, 5.74) is 2.75. The number of esters is 1. The lowest BCUT2D eigenvalue weighted by atomic mass is 9.62. The monoisotopic (exact) mass is 348 g/mol. The highest BCUT2D eigenvalue weighted by molar-refractivity contribution is 5.68. The Morgan fingerprint density at radius 2 is 1.96 bits per heavy atom. The fraction of sp³-hybridized carbons (Fsp3) is 0.727. The van der Waals surface area contributed by atoms with Crippen LogP contribution in [-0.4, -0.2) is 18.9 Å². The second-order valence-electron chi connectivity index (χ2n) is 8.33. The minimum absolute atomic E-state index is 0.217. The van der Waals surface area contributed by atoms with Gasteiger partial charge in [-0.15, -0.1) is 0 Å². The third-order valence-corrected chi connectivity index (χ3v) is 5.74. The minimum atomic E-state index is -0.312. The van der Waals surface area contributed by atoms with Crippen molar-refractivity contribution in [3.05, 3.63) is 23.3 Å². The van der Waals surface area contributed by atoms with Gasteiger partial charge in [0.2, 0.25) is 0 Å². The molecule has 0 heterocycles. The van der Waals surface area contributed by atoms with Gasteiger partial charge in [0.25, 0.3) is 0 Å². The van der Waals surface area contributed by atoms with Gasteiger partial charge in [0.05, 0.1) is 0 Å². The van der Waals surface area contributed by atoms with E-state index in [1.165, 1.54) is 44.3 Å². The summed E-state index contributed by atoms with van der Waals surface area (Å²) in [4.78, 5) is 21.6. The predicted molar refractivity (Wildman–Crippen MR) is 103 cm³/mol. The maximum Gasteiger partial charge on any atom is 0.302 e. The van der Waals surface area contributed by atoms with Crippen molar-refractivity contribution in [2.45, 2.75) is 79.6 Å². The van der Waals surface area contributed by atoms with Crippen molar-refractivity contribution < 1.29 is 14.3 Å². The van der Waals surface area contributed by atoms with E-state index in [0.717, 1.165) is 43.0 Å². The first-order chi connectivity index (χ1) is 11.8. The van der Waals surface area contributed by atoms with Crippen molar-refractivity contribution >= 4 is 12.3 Å². The molecule has 0 aromatic carbocycles. The Labute approximate surface area is 153 Å². The Morgan fingerprint density at radius 3 is 2.56 bits per heavy atom. The number of hydrogen-bond donors (Lipinski definition) is 0. The van der Waals surface area contributed by atoms with Gasteiger partial charge in [0.15, 0.2) is 0 Å². The standard InChI is InChI=1S/C22H36O3/c1-17(8-6-10-20(13-15-23)16-25-19(3)24)11-12-21-18(2)9-7-14-22(21,4)5/h8,13,15,18,21H,6-7,9-12,14,16H2,1-5H3. The second kappa shape index (κ2) is 10.6. The molecule has 1 fully saturated rings. The van der Waals surface area contributed by atoms with Crippen LogP contribution in [0, 0.1) is 17.3 Å². The highest BCUT2D eigenvalue weighted by Gasteiger charge is 2.36. The van der Waals surface area contributed by atoms with Crippen LogP contribution in [-0.2, 0) is 14.3 Å². The summed E-state index contributed by atoms with van der Waals surface area (Å²) in [7, 11) is 0. The van der Waals surface area contributed by atoms with E-state index in [1.807, 2.05) is 0 Å². The fourth-order valence-corrected chi connectivity index (χ4v) is 4.20. The first-order valence-electron chi connectivity index (χ1n) is 9.68. The van der Waals surface area contributed by atoms with Gasteiger partial charge >= 0.3 is 5.97 Å². The SMILES string of the molecule is CC(=O)OCC(=CC=O)CCC=C(C)CCC1C(C)CCCC1(C)C. The molecular weight excluding hydrogens is 312 g/mol. The zero-order valence-electron chi connectivity index (χ0n) is 16.8. The highest BCUT2D eigenvalue weighted by Crippen LogP contribution is 2.46. The third kappa shape index (κ3) is 8.02. The Bertz CT molecular complexity index is 499. The summed E-state index contributed by atoms with van der Waals surface area (Å²) in [6, 6.07) is 0. The average Bonchev–Trinajstić information content (AvgIpc) is 2.51. The molecule has 0 amide bonds. The maximum atomic E-state index is 10.9. The van der Waals surface area contributed by atoms with Gasteiger partial charge in [-0.1, -0.05) is 45.3 Å². The lowest BCUT2D eigenvalue weighted by Gasteiger charge is -2.43. The zero-order chi connectivity index (χ0) is 18.9. The number of ether oxygens (including phenoxy) is 1. The number of hydrogen-bond acceptors (Lipinski definition) is 3. The fourth-order valence-electron chi connectivity index (χ4n) is 4.20. The van der Waals surface area contributed by atoms with Crippen LogP contribution in [0.1, 0.15) is 79.6 Å². The Morgan fingerprint density at radius 1 is 1.24 bits per heavy atom. The normalized spacial score (nSPS) is 24.0.